The van der Waals surface area contributed by atoms with Gasteiger partial charge in [0.1, 0.15) is 11.5 Å². The molecule has 140 valence electrons. The van der Waals surface area contributed by atoms with E-state index in [1.165, 1.54) is 34.3 Å². The Morgan fingerprint density at radius 3 is 2.37 bits per heavy atom. The monoisotopic (exact) mass is 370 g/mol. The highest BCUT2D eigenvalue weighted by Gasteiger charge is 2.28. The van der Waals surface area contributed by atoms with Crippen molar-refractivity contribution in [1.29, 1.82) is 0 Å². The Hall–Kier alpha value is -3.48. The fourth-order valence-corrected chi connectivity index (χ4v) is 2.78. The molecule has 0 aliphatic carbocycles. The van der Waals surface area contributed by atoms with Crippen molar-refractivity contribution in [1.82, 2.24) is 0 Å². The number of allylic oxidation sites excluding steroid dienone is 1. The summed E-state index contributed by atoms with van der Waals surface area (Å²) in [7, 11) is 4.52. The van der Waals surface area contributed by atoms with Gasteiger partial charge >= 0.3 is 5.97 Å². The molecule has 7 heteroatoms. The molecule has 27 heavy (non-hydrogen) atoms. The number of esters is 1. The first-order chi connectivity index (χ1) is 13.0. The molecule has 0 bridgehead atoms. The number of methoxy groups -OCH3 is 3. The molecule has 1 aliphatic rings. The zero-order valence-corrected chi connectivity index (χ0v) is 15.3. The third kappa shape index (κ3) is 3.44. The van der Waals surface area contributed by atoms with Gasteiger partial charge in [-0.25, -0.2) is 0 Å². The molecule has 0 amide bonds. The van der Waals surface area contributed by atoms with Gasteiger partial charge in [0, 0.05) is 18.6 Å². The summed E-state index contributed by atoms with van der Waals surface area (Å²) in [5, 5.41) is 0. The maximum atomic E-state index is 12.6. The second-order valence-corrected chi connectivity index (χ2v) is 5.61. The topological polar surface area (TPSA) is 80.3 Å². The average molecular weight is 370 g/mol. The summed E-state index contributed by atoms with van der Waals surface area (Å²) < 4.78 is 26.7. The van der Waals surface area contributed by atoms with E-state index in [0.29, 0.717) is 39.9 Å². The normalized spacial score (nSPS) is 13.8. The highest BCUT2D eigenvalue weighted by atomic mass is 16.5. The van der Waals surface area contributed by atoms with Crippen LogP contribution in [0, 0.1) is 0 Å². The molecule has 0 saturated heterocycles. The minimum absolute atomic E-state index is 0.121. The van der Waals surface area contributed by atoms with Crippen LogP contribution in [0.5, 0.6) is 28.7 Å². The number of carbonyl (C=O) groups excluding carboxylic acids is 2. The fraction of sp³-hybridized carbons (Fsp3) is 0.200. The van der Waals surface area contributed by atoms with Crippen molar-refractivity contribution in [3.63, 3.8) is 0 Å². The number of rotatable bonds is 5. The average Bonchev–Trinajstić information content (AvgIpc) is 2.95. The van der Waals surface area contributed by atoms with Crippen molar-refractivity contribution < 1.29 is 33.3 Å². The first-order valence-electron chi connectivity index (χ1n) is 8.04. The van der Waals surface area contributed by atoms with Gasteiger partial charge in [0.25, 0.3) is 0 Å². The van der Waals surface area contributed by atoms with E-state index in [4.69, 9.17) is 23.7 Å². The van der Waals surface area contributed by atoms with E-state index in [2.05, 4.69) is 0 Å². The molecule has 7 nitrogen and oxygen atoms in total. The van der Waals surface area contributed by atoms with Crippen molar-refractivity contribution in [3.05, 3.63) is 47.2 Å². The van der Waals surface area contributed by atoms with Crippen LogP contribution in [0.15, 0.2) is 36.1 Å². The third-order valence-corrected chi connectivity index (χ3v) is 3.92. The largest absolute Gasteiger partial charge is 0.493 e. The Balaban J connectivity index is 1.99. The molecule has 0 unspecified atom stereocenters. The summed E-state index contributed by atoms with van der Waals surface area (Å²) in [5.41, 5.74) is 0.975. The number of hydrogen-bond donors (Lipinski definition) is 0. The predicted octanol–water partition coefficient (Wildman–Crippen LogP) is 3.25. The second-order valence-electron chi connectivity index (χ2n) is 5.61. The van der Waals surface area contributed by atoms with Crippen molar-refractivity contribution >= 4 is 17.8 Å². The molecule has 0 spiro atoms. The Kier molecular flexibility index (Phi) is 5.03. The number of ether oxygens (including phenoxy) is 5. The molecular weight excluding hydrogens is 352 g/mol. The molecule has 0 atom stereocenters. The zero-order valence-electron chi connectivity index (χ0n) is 15.3. The molecule has 2 aromatic carbocycles. The zero-order chi connectivity index (χ0) is 19.6. The smallest absolute Gasteiger partial charge is 0.308 e. The highest BCUT2D eigenvalue weighted by Crippen LogP contribution is 2.42. The van der Waals surface area contributed by atoms with Crippen LogP contribution >= 0.6 is 0 Å². The minimum Gasteiger partial charge on any atom is -0.493 e. The van der Waals surface area contributed by atoms with E-state index < -0.39 is 5.97 Å². The van der Waals surface area contributed by atoms with E-state index in [-0.39, 0.29) is 11.5 Å². The van der Waals surface area contributed by atoms with E-state index in [0.717, 1.165) is 0 Å². The van der Waals surface area contributed by atoms with Gasteiger partial charge in [-0.15, -0.1) is 0 Å². The maximum absolute atomic E-state index is 12.6. The molecule has 0 radical (unpaired) electrons. The molecule has 2 aromatic rings. The Bertz CT molecular complexity index is 944. The summed E-state index contributed by atoms with van der Waals surface area (Å²) in [6.07, 6.45) is 1.56. The van der Waals surface area contributed by atoms with Gasteiger partial charge < -0.3 is 23.7 Å². The lowest BCUT2D eigenvalue weighted by Gasteiger charge is -2.14. The number of ketones is 1. The first kappa shape index (κ1) is 18.3. The summed E-state index contributed by atoms with van der Waals surface area (Å²) in [5.74, 6) is 1.34. The molecule has 1 heterocycles. The SMILES string of the molecule is COc1ccc(/C=C2\Oc3cc(OC(C)=O)ccc3C2=O)c(OC)c1OC. The quantitative estimate of drug-likeness (QED) is 0.454. The van der Waals surface area contributed by atoms with Gasteiger partial charge in [-0.1, -0.05) is 0 Å². The van der Waals surface area contributed by atoms with Crippen LogP contribution < -0.4 is 23.7 Å². The molecule has 1 aliphatic heterocycles. The van der Waals surface area contributed by atoms with Crippen molar-refractivity contribution in [3.8, 4) is 28.7 Å². The van der Waals surface area contributed by atoms with Crippen LogP contribution in [0.4, 0.5) is 0 Å². The lowest BCUT2D eigenvalue weighted by molar-refractivity contribution is -0.131. The summed E-state index contributed by atoms with van der Waals surface area (Å²) >= 11 is 0. The van der Waals surface area contributed by atoms with Crippen LogP contribution in [0.3, 0.4) is 0 Å². The number of benzene rings is 2. The molecule has 0 aromatic heterocycles. The minimum atomic E-state index is -0.454. The third-order valence-electron chi connectivity index (χ3n) is 3.92. The molecular formula is C20H18O7. The van der Waals surface area contributed by atoms with Crippen LogP contribution in [0.2, 0.25) is 0 Å². The Labute approximate surface area is 156 Å². The van der Waals surface area contributed by atoms with Gasteiger partial charge in [0.05, 0.1) is 26.9 Å². The standard InChI is InChI=1S/C20H18O7/c1-11(21)26-13-6-7-14-16(10-13)27-17(18(14)22)9-12-5-8-15(23-2)20(25-4)19(12)24-3/h5-10H,1-4H3/b17-9-. The molecule has 0 N–H and O–H groups in total. The molecule has 0 fully saturated rings. The van der Waals surface area contributed by atoms with E-state index in [1.807, 2.05) is 0 Å². The number of Topliss-reactive ketones (excluding diaryl/α,β-unsaturated/α-hetero) is 1. The Morgan fingerprint density at radius 1 is 1.00 bits per heavy atom. The van der Waals surface area contributed by atoms with Crippen LogP contribution in [-0.2, 0) is 4.79 Å². The van der Waals surface area contributed by atoms with Gasteiger partial charge in [-0.2, -0.15) is 0 Å². The maximum Gasteiger partial charge on any atom is 0.308 e. The van der Waals surface area contributed by atoms with Crippen molar-refractivity contribution in [2.24, 2.45) is 0 Å². The summed E-state index contributed by atoms with van der Waals surface area (Å²) in [4.78, 5) is 23.7. The summed E-state index contributed by atoms with van der Waals surface area (Å²) in [6, 6.07) is 8.04. The van der Waals surface area contributed by atoms with Gasteiger partial charge in [-0.3, -0.25) is 9.59 Å². The van der Waals surface area contributed by atoms with Gasteiger partial charge in [0.15, 0.2) is 17.3 Å². The van der Waals surface area contributed by atoms with Gasteiger partial charge in [-0.05, 0) is 30.3 Å². The lowest BCUT2D eigenvalue weighted by atomic mass is 10.1. The van der Waals surface area contributed by atoms with E-state index in [1.54, 1.807) is 30.3 Å². The predicted molar refractivity (Wildman–Crippen MR) is 96.8 cm³/mol. The fourth-order valence-electron chi connectivity index (χ4n) is 2.78. The van der Waals surface area contributed by atoms with Crippen molar-refractivity contribution in [2.75, 3.05) is 21.3 Å². The van der Waals surface area contributed by atoms with Gasteiger partial charge in [0.2, 0.25) is 11.5 Å². The van der Waals surface area contributed by atoms with Crippen LogP contribution in [0.25, 0.3) is 6.08 Å². The molecule has 0 saturated carbocycles. The van der Waals surface area contributed by atoms with E-state index in [9.17, 15) is 9.59 Å². The highest BCUT2D eigenvalue weighted by molar-refractivity contribution is 6.14. The Morgan fingerprint density at radius 2 is 1.74 bits per heavy atom. The van der Waals surface area contributed by atoms with Crippen LogP contribution in [-0.4, -0.2) is 33.1 Å². The van der Waals surface area contributed by atoms with E-state index >= 15 is 0 Å². The summed E-state index contributed by atoms with van der Waals surface area (Å²) in [6.45, 7) is 1.30. The number of fused-ring (bicyclic) bond motifs is 1. The first-order valence-corrected chi connectivity index (χ1v) is 8.04. The lowest BCUT2D eigenvalue weighted by Crippen LogP contribution is -2.01. The van der Waals surface area contributed by atoms with Crippen molar-refractivity contribution in [2.45, 2.75) is 6.92 Å². The van der Waals surface area contributed by atoms with Crippen LogP contribution in [0.1, 0.15) is 22.8 Å². The second kappa shape index (κ2) is 7.41. The number of carbonyl (C=O) groups is 2. The number of hydrogen-bond acceptors (Lipinski definition) is 7. The molecule has 3 rings (SSSR count).